The number of rotatable bonds is 7. The lowest BCUT2D eigenvalue weighted by molar-refractivity contribution is -0.116. The summed E-state index contributed by atoms with van der Waals surface area (Å²) < 4.78 is 0. The Bertz CT molecular complexity index is 474. The summed E-state index contributed by atoms with van der Waals surface area (Å²) in [6.07, 6.45) is 0.476. The second-order valence-electron chi connectivity index (χ2n) is 4.97. The molecule has 110 valence electrons. The van der Waals surface area contributed by atoms with Gasteiger partial charge in [-0.25, -0.2) is 0 Å². The van der Waals surface area contributed by atoms with Crippen LogP contribution in [0.15, 0.2) is 24.3 Å². The number of nitrogens with zero attached hydrogens (tertiary/aromatic N) is 1. The van der Waals surface area contributed by atoms with Gasteiger partial charge in [0.1, 0.15) is 4.99 Å². The number of carbonyl (C=O) groups is 1. The number of nitrogens with one attached hydrogen (secondary N) is 1. The van der Waals surface area contributed by atoms with Crippen molar-refractivity contribution in [2.45, 2.75) is 33.2 Å². The molecule has 20 heavy (non-hydrogen) atoms. The maximum absolute atomic E-state index is 11.9. The number of benzene rings is 1. The summed E-state index contributed by atoms with van der Waals surface area (Å²) >= 11 is 4.92. The number of carbonyl (C=O) groups excluding carboxylic acids is 1. The number of hydrogen-bond donors (Lipinski definition) is 2. The van der Waals surface area contributed by atoms with Crippen molar-refractivity contribution in [1.29, 1.82) is 0 Å². The molecule has 1 aromatic rings. The highest BCUT2D eigenvalue weighted by atomic mass is 32.1. The van der Waals surface area contributed by atoms with Crippen LogP contribution in [-0.2, 0) is 4.79 Å². The van der Waals surface area contributed by atoms with Gasteiger partial charge in [-0.3, -0.25) is 4.79 Å². The third kappa shape index (κ3) is 5.27. The number of thiocarbonyl (C=S) groups is 1. The zero-order valence-electron chi connectivity index (χ0n) is 12.3. The summed E-state index contributed by atoms with van der Waals surface area (Å²) in [5.74, 6) is 0.00388. The van der Waals surface area contributed by atoms with Gasteiger partial charge < -0.3 is 16.0 Å². The second-order valence-corrected chi connectivity index (χ2v) is 5.41. The summed E-state index contributed by atoms with van der Waals surface area (Å²) in [4.78, 5) is 14.5. The van der Waals surface area contributed by atoms with Crippen molar-refractivity contribution in [2.24, 2.45) is 5.73 Å². The Morgan fingerprint density at radius 3 is 2.70 bits per heavy atom. The minimum absolute atomic E-state index is 0.00388. The Hall–Kier alpha value is -1.46. The SMILES string of the molecule is CCN(CCC(=O)Nc1cccc(C(N)=S)c1)C(C)C. The van der Waals surface area contributed by atoms with Crippen molar-refractivity contribution < 1.29 is 4.79 Å². The van der Waals surface area contributed by atoms with Crippen molar-refractivity contribution in [3.05, 3.63) is 29.8 Å². The van der Waals surface area contributed by atoms with Gasteiger partial charge in [0, 0.05) is 30.3 Å². The lowest BCUT2D eigenvalue weighted by atomic mass is 10.2. The molecule has 0 spiro atoms. The predicted molar refractivity (Wildman–Crippen MR) is 88.0 cm³/mol. The monoisotopic (exact) mass is 293 g/mol. The minimum atomic E-state index is 0.00388. The Morgan fingerprint density at radius 2 is 2.15 bits per heavy atom. The van der Waals surface area contributed by atoms with E-state index in [1.165, 1.54) is 0 Å². The molecule has 1 aromatic carbocycles. The largest absolute Gasteiger partial charge is 0.389 e. The first-order valence-corrected chi connectivity index (χ1v) is 7.28. The van der Waals surface area contributed by atoms with Crippen molar-refractivity contribution in [3.8, 4) is 0 Å². The zero-order valence-corrected chi connectivity index (χ0v) is 13.2. The molecule has 1 rings (SSSR count). The fourth-order valence-corrected chi connectivity index (χ4v) is 2.13. The molecule has 0 radical (unpaired) electrons. The quantitative estimate of drug-likeness (QED) is 0.758. The van der Waals surface area contributed by atoms with E-state index in [9.17, 15) is 4.79 Å². The van der Waals surface area contributed by atoms with E-state index in [0.29, 0.717) is 17.5 Å². The topological polar surface area (TPSA) is 58.4 Å². The third-order valence-electron chi connectivity index (χ3n) is 3.19. The van der Waals surface area contributed by atoms with Crippen LogP contribution in [-0.4, -0.2) is 34.9 Å². The van der Waals surface area contributed by atoms with E-state index in [1.807, 2.05) is 18.2 Å². The molecule has 5 heteroatoms. The molecule has 0 bridgehead atoms. The van der Waals surface area contributed by atoms with Crippen LogP contribution >= 0.6 is 12.2 Å². The normalized spacial score (nSPS) is 10.8. The van der Waals surface area contributed by atoms with Crippen LogP contribution in [0.25, 0.3) is 0 Å². The molecule has 0 aliphatic carbocycles. The Labute approximate surface area is 126 Å². The third-order valence-corrected chi connectivity index (χ3v) is 3.43. The highest BCUT2D eigenvalue weighted by Crippen LogP contribution is 2.11. The molecule has 0 aliphatic heterocycles. The molecule has 3 N–H and O–H groups in total. The highest BCUT2D eigenvalue weighted by molar-refractivity contribution is 7.80. The maximum atomic E-state index is 11.9. The average molecular weight is 293 g/mol. The molecular weight excluding hydrogens is 270 g/mol. The molecule has 0 heterocycles. The first-order valence-electron chi connectivity index (χ1n) is 6.87. The van der Waals surface area contributed by atoms with Crippen molar-refractivity contribution in [1.82, 2.24) is 4.90 Å². The van der Waals surface area contributed by atoms with Gasteiger partial charge >= 0.3 is 0 Å². The van der Waals surface area contributed by atoms with E-state index < -0.39 is 0 Å². The van der Waals surface area contributed by atoms with Crippen molar-refractivity contribution in [3.63, 3.8) is 0 Å². The van der Waals surface area contributed by atoms with Gasteiger partial charge in [-0.2, -0.15) is 0 Å². The summed E-state index contributed by atoms with van der Waals surface area (Å²) in [5, 5.41) is 2.87. The van der Waals surface area contributed by atoms with E-state index in [2.05, 4.69) is 31.0 Å². The van der Waals surface area contributed by atoms with E-state index in [-0.39, 0.29) is 5.91 Å². The Balaban J connectivity index is 2.54. The van der Waals surface area contributed by atoms with Gasteiger partial charge in [0.05, 0.1) is 0 Å². The summed E-state index contributed by atoms with van der Waals surface area (Å²) in [6, 6.07) is 7.73. The lowest BCUT2D eigenvalue weighted by Gasteiger charge is -2.24. The lowest BCUT2D eigenvalue weighted by Crippen LogP contribution is -2.33. The van der Waals surface area contributed by atoms with E-state index in [1.54, 1.807) is 6.07 Å². The van der Waals surface area contributed by atoms with E-state index in [0.717, 1.165) is 24.3 Å². The molecule has 0 saturated carbocycles. The van der Waals surface area contributed by atoms with Crippen molar-refractivity contribution >= 4 is 28.8 Å². The van der Waals surface area contributed by atoms with Gasteiger partial charge in [-0.15, -0.1) is 0 Å². The zero-order chi connectivity index (χ0) is 15.1. The van der Waals surface area contributed by atoms with Gasteiger partial charge in [0.15, 0.2) is 0 Å². The van der Waals surface area contributed by atoms with Crippen LogP contribution in [0, 0.1) is 0 Å². The number of hydrogen-bond acceptors (Lipinski definition) is 3. The van der Waals surface area contributed by atoms with Crippen LogP contribution in [0.2, 0.25) is 0 Å². The summed E-state index contributed by atoms with van der Waals surface area (Å²) in [5.41, 5.74) is 7.06. The molecule has 1 amide bonds. The first-order chi connectivity index (χ1) is 9.43. The van der Waals surface area contributed by atoms with Crippen LogP contribution in [0.4, 0.5) is 5.69 Å². The summed E-state index contributed by atoms with van der Waals surface area (Å²) in [6.45, 7) is 8.07. The molecule has 0 fully saturated rings. The highest BCUT2D eigenvalue weighted by Gasteiger charge is 2.10. The Morgan fingerprint density at radius 1 is 1.45 bits per heavy atom. The number of amides is 1. The fourth-order valence-electron chi connectivity index (χ4n) is 2.00. The molecule has 0 aliphatic rings. The van der Waals surface area contributed by atoms with E-state index in [4.69, 9.17) is 18.0 Å². The first kappa shape index (κ1) is 16.6. The maximum Gasteiger partial charge on any atom is 0.225 e. The van der Waals surface area contributed by atoms with Crippen LogP contribution in [0.1, 0.15) is 32.8 Å². The Kier molecular flexibility index (Phi) is 6.61. The van der Waals surface area contributed by atoms with Gasteiger partial charge in [-0.1, -0.05) is 31.3 Å². The minimum Gasteiger partial charge on any atom is -0.389 e. The number of nitrogens with two attached hydrogens (primary N) is 1. The molecular formula is C15H23N3OS. The number of anilines is 1. The predicted octanol–water partition coefficient (Wildman–Crippen LogP) is 2.38. The standard InChI is InChI=1S/C15H23N3OS/c1-4-18(11(2)3)9-8-14(19)17-13-7-5-6-12(10-13)15(16)20/h5-7,10-11H,4,8-9H2,1-3H3,(H2,16,20)(H,17,19). The van der Waals surface area contributed by atoms with E-state index >= 15 is 0 Å². The molecule has 4 nitrogen and oxygen atoms in total. The molecule has 0 atom stereocenters. The van der Waals surface area contributed by atoms with Crippen LogP contribution < -0.4 is 11.1 Å². The second kappa shape index (κ2) is 7.97. The fraction of sp³-hybridized carbons (Fsp3) is 0.467. The van der Waals surface area contributed by atoms with Crippen LogP contribution in [0.5, 0.6) is 0 Å². The van der Waals surface area contributed by atoms with Gasteiger partial charge in [-0.05, 0) is 32.5 Å². The van der Waals surface area contributed by atoms with Crippen molar-refractivity contribution in [2.75, 3.05) is 18.4 Å². The van der Waals surface area contributed by atoms with Gasteiger partial charge in [0.2, 0.25) is 5.91 Å². The molecule has 0 unspecified atom stereocenters. The molecule has 0 saturated heterocycles. The average Bonchev–Trinajstić information content (AvgIpc) is 2.39. The molecule has 0 aromatic heterocycles. The summed E-state index contributed by atoms with van der Waals surface area (Å²) in [7, 11) is 0. The van der Waals surface area contributed by atoms with Crippen LogP contribution in [0.3, 0.4) is 0 Å². The smallest absolute Gasteiger partial charge is 0.225 e. The van der Waals surface area contributed by atoms with Gasteiger partial charge in [0.25, 0.3) is 0 Å².